The molecule has 0 radical (unpaired) electrons. The largest absolute Gasteiger partial charge is 0.461 e. The first kappa shape index (κ1) is 15.3. The van der Waals surface area contributed by atoms with Crippen LogP contribution in [0.15, 0.2) is 0 Å². The summed E-state index contributed by atoms with van der Waals surface area (Å²) in [4.78, 5) is 11.0. The lowest BCUT2D eigenvalue weighted by Crippen LogP contribution is -2.52. The number of aliphatic hydroxyl groups is 1. The molecule has 0 aromatic carbocycles. The Morgan fingerprint density at radius 1 is 1.44 bits per heavy atom. The highest BCUT2D eigenvalue weighted by Gasteiger charge is 2.56. The molecule has 0 spiro atoms. The highest BCUT2D eigenvalue weighted by atomic mass is 19.3. The van der Waals surface area contributed by atoms with Gasteiger partial charge in [0, 0.05) is 0 Å². The highest BCUT2D eigenvalue weighted by molar-refractivity contribution is 5.79. The number of alkyl halides is 2. The predicted octanol–water partition coefficient (Wildman–Crippen LogP) is 2.37. The number of esters is 1. The summed E-state index contributed by atoms with van der Waals surface area (Å²) >= 11 is 0. The van der Waals surface area contributed by atoms with E-state index in [2.05, 4.69) is 4.74 Å². The summed E-state index contributed by atoms with van der Waals surface area (Å²) in [6.07, 6.45) is 0.276. The molecule has 0 aliphatic heterocycles. The molecule has 0 saturated carbocycles. The monoisotopic (exact) mass is 238 g/mol. The molecule has 0 amide bonds. The minimum absolute atomic E-state index is 0.130. The van der Waals surface area contributed by atoms with Gasteiger partial charge in [-0.2, -0.15) is 8.78 Å². The van der Waals surface area contributed by atoms with Gasteiger partial charge in [-0.25, -0.2) is 4.79 Å². The van der Waals surface area contributed by atoms with Crippen LogP contribution in [0.2, 0.25) is 0 Å². The zero-order chi connectivity index (χ0) is 13.0. The van der Waals surface area contributed by atoms with Crippen molar-refractivity contribution in [2.75, 3.05) is 6.61 Å². The average Bonchev–Trinajstić information content (AvgIpc) is 2.15. The minimum atomic E-state index is -3.86. The lowest BCUT2D eigenvalue weighted by Gasteiger charge is -2.31. The van der Waals surface area contributed by atoms with E-state index >= 15 is 0 Å². The van der Waals surface area contributed by atoms with Crippen LogP contribution >= 0.6 is 0 Å². The topological polar surface area (TPSA) is 46.5 Å². The number of carbonyl (C=O) groups excluding carboxylic acids is 1. The van der Waals surface area contributed by atoms with Crippen molar-refractivity contribution in [3.63, 3.8) is 0 Å². The lowest BCUT2D eigenvalue weighted by molar-refractivity contribution is -0.211. The second-order valence-electron chi connectivity index (χ2n) is 4.50. The molecule has 0 bridgehead atoms. The number of hydrogen-bond acceptors (Lipinski definition) is 3. The van der Waals surface area contributed by atoms with Gasteiger partial charge in [-0.3, -0.25) is 0 Å². The Balaban J connectivity index is 4.62. The molecule has 0 fully saturated rings. The van der Waals surface area contributed by atoms with Crippen molar-refractivity contribution in [1.29, 1.82) is 0 Å². The molecule has 0 heterocycles. The average molecular weight is 238 g/mol. The predicted molar refractivity (Wildman–Crippen MR) is 56.3 cm³/mol. The minimum Gasteiger partial charge on any atom is -0.461 e. The molecule has 1 atom stereocenters. The van der Waals surface area contributed by atoms with Crippen molar-refractivity contribution in [3.05, 3.63) is 0 Å². The van der Waals surface area contributed by atoms with Crippen LogP contribution in [0.3, 0.4) is 0 Å². The van der Waals surface area contributed by atoms with E-state index in [0.29, 0.717) is 6.42 Å². The van der Waals surface area contributed by atoms with E-state index in [4.69, 9.17) is 0 Å². The maximum absolute atomic E-state index is 13.5. The molecule has 1 unspecified atom stereocenters. The molecule has 0 aliphatic rings. The molecule has 5 heteroatoms. The van der Waals surface area contributed by atoms with Crippen LogP contribution in [0.4, 0.5) is 8.78 Å². The molecule has 96 valence electrons. The Bertz CT molecular complexity index is 237. The first-order chi connectivity index (χ1) is 7.15. The molecule has 3 nitrogen and oxygen atoms in total. The molecule has 16 heavy (non-hydrogen) atoms. The third kappa shape index (κ3) is 3.70. The summed E-state index contributed by atoms with van der Waals surface area (Å²) in [5.41, 5.74) is -2.36. The fourth-order valence-corrected chi connectivity index (χ4v) is 1.17. The van der Waals surface area contributed by atoms with Crippen LogP contribution in [0.5, 0.6) is 0 Å². The Morgan fingerprint density at radius 2 is 1.94 bits per heavy atom. The summed E-state index contributed by atoms with van der Waals surface area (Å²) in [5.74, 6) is -5.34. The summed E-state index contributed by atoms with van der Waals surface area (Å²) in [5, 5.41) is 9.64. The standard InChI is InChI=1S/C11H20F2O3/c1-5-16-9(14)11(12,13)10(4,15)7-6-8(2)3/h8,15H,5-7H2,1-4H3. The summed E-state index contributed by atoms with van der Waals surface area (Å²) in [7, 11) is 0. The Morgan fingerprint density at radius 3 is 2.31 bits per heavy atom. The lowest BCUT2D eigenvalue weighted by atomic mass is 9.89. The van der Waals surface area contributed by atoms with Crippen molar-refractivity contribution < 1.29 is 23.4 Å². The number of halogens is 2. The third-order valence-electron chi connectivity index (χ3n) is 2.42. The SMILES string of the molecule is CCOC(=O)C(F)(F)C(C)(O)CCC(C)C. The second-order valence-corrected chi connectivity index (χ2v) is 4.50. The van der Waals surface area contributed by atoms with Crippen molar-refractivity contribution in [2.45, 2.75) is 52.1 Å². The van der Waals surface area contributed by atoms with E-state index in [9.17, 15) is 18.7 Å². The third-order valence-corrected chi connectivity index (χ3v) is 2.42. The van der Waals surface area contributed by atoms with Gasteiger partial charge in [0.05, 0.1) is 6.61 Å². The number of carbonyl (C=O) groups is 1. The van der Waals surface area contributed by atoms with Crippen LogP contribution in [0, 0.1) is 5.92 Å². The van der Waals surface area contributed by atoms with E-state index in [1.807, 2.05) is 13.8 Å². The van der Waals surface area contributed by atoms with Crippen LogP contribution < -0.4 is 0 Å². The fraction of sp³-hybridized carbons (Fsp3) is 0.909. The van der Waals surface area contributed by atoms with Crippen molar-refractivity contribution in [2.24, 2.45) is 5.92 Å². The fourth-order valence-electron chi connectivity index (χ4n) is 1.17. The molecule has 0 saturated heterocycles. The summed E-state index contributed by atoms with van der Waals surface area (Å²) in [6.45, 7) is 6.00. The Labute approximate surface area is 94.8 Å². The van der Waals surface area contributed by atoms with E-state index in [1.54, 1.807) is 0 Å². The van der Waals surface area contributed by atoms with Gasteiger partial charge in [0.2, 0.25) is 0 Å². The van der Waals surface area contributed by atoms with Gasteiger partial charge < -0.3 is 9.84 Å². The molecule has 0 rings (SSSR count). The first-order valence-corrected chi connectivity index (χ1v) is 5.42. The van der Waals surface area contributed by atoms with Gasteiger partial charge in [0.1, 0.15) is 5.60 Å². The number of ether oxygens (including phenoxy) is 1. The first-order valence-electron chi connectivity index (χ1n) is 5.42. The van der Waals surface area contributed by atoms with Gasteiger partial charge in [0.15, 0.2) is 0 Å². The van der Waals surface area contributed by atoms with Crippen LogP contribution in [-0.2, 0) is 9.53 Å². The van der Waals surface area contributed by atoms with Crippen molar-refractivity contribution >= 4 is 5.97 Å². The molecule has 0 aromatic heterocycles. The summed E-state index contributed by atoms with van der Waals surface area (Å²) in [6, 6.07) is 0. The molecular weight excluding hydrogens is 218 g/mol. The maximum Gasteiger partial charge on any atom is 0.380 e. The highest BCUT2D eigenvalue weighted by Crippen LogP contribution is 2.34. The Kier molecular flexibility index (Phi) is 5.32. The van der Waals surface area contributed by atoms with Crippen LogP contribution in [-0.4, -0.2) is 29.2 Å². The number of hydrogen-bond donors (Lipinski definition) is 1. The van der Waals surface area contributed by atoms with E-state index in [0.717, 1.165) is 6.92 Å². The molecular formula is C11H20F2O3. The zero-order valence-electron chi connectivity index (χ0n) is 10.2. The molecule has 0 aliphatic carbocycles. The quantitative estimate of drug-likeness (QED) is 0.723. The van der Waals surface area contributed by atoms with Crippen molar-refractivity contribution in [1.82, 2.24) is 0 Å². The van der Waals surface area contributed by atoms with Crippen molar-refractivity contribution in [3.8, 4) is 0 Å². The van der Waals surface area contributed by atoms with Gasteiger partial charge in [-0.1, -0.05) is 13.8 Å². The van der Waals surface area contributed by atoms with Gasteiger partial charge in [0.25, 0.3) is 0 Å². The van der Waals surface area contributed by atoms with E-state index in [-0.39, 0.29) is 18.9 Å². The number of rotatable bonds is 6. The smallest absolute Gasteiger partial charge is 0.380 e. The zero-order valence-corrected chi connectivity index (χ0v) is 10.2. The Hall–Kier alpha value is -0.710. The van der Waals surface area contributed by atoms with Crippen LogP contribution in [0.1, 0.15) is 40.5 Å². The van der Waals surface area contributed by atoms with Gasteiger partial charge >= 0.3 is 11.9 Å². The van der Waals surface area contributed by atoms with E-state index in [1.165, 1.54) is 6.92 Å². The summed E-state index contributed by atoms with van der Waals surface area (Å²) < 4.78 is 31.3. The van der Waals surface area contributed by atoms with Gasteiger partial charge in [-0.15, -0.1) is 0 Å². The molecule has 1 N–H and O–H groups in total. The normalized spacial score (nSPS) is 16.0. The van der Waals surface area contributed by atoms with Gasteiger partial charge in [-0.05, 0) is 32.6 Å². The molecule has 0 aromatic rings. The van der Waals surface area contributed by atoms with E-state index < -0.39 is 17.5 Å². The maximum atomic E-state index is 13.5. The second kappa shape index (κ2) is 5.57. The van der Waals surface area contributed by atoms with Crippen LogP contribution in [0.25, 0.3) is 0 Å².